The molecule has 16 heavy (non-hydrogen) atoms. The van der Waals surface area contributed by atoms with Gasteiger partial charge in [0.2, 0.25) is 0 Å². The molecule has 0 unspecified atom stereocenters. The van der Waals surface area contributed by atoms with Gasteiger partial charge in [0, 0.05) is 18.0 Å². The molecule has 1 aromatic carbocycles. The zero-order valence-corrected chi connectivity index (χ0v) is 9.82. The van der Waals surface area contributed by atoms with E-state index < -0.39 is 0 Å². The number of rotatable bonds is 2. The molecule has 3 heteroatoms. The van der Waals surface area contributed by atoms with Gasteiger partial charge in [-0.1, -0.05) is 19.9 Å². The van der Waals surface area contributed by atoms with Gasteiger partial charge in [0.1, 0.15) is 5.69 Å². The minimum absolute atomic E-state index is 0.384. The van der Waals surface area contributed by atoms with Crippen molar-refractivity contribution in [3.05, 3.63) is 35.5 Å². The van der Waals surface area contributed by atoms with Gasteiger partial charge in [-0.25, -0.2) is 0 Å². The number of aromatic nitrogens is 1. The fourth-order valence-electron chi connectivity index (χ4n) is 1.96. The van der Waals surface area contributed by atoms with Crippen molar-refractivity contribution < 1.29 is 4.79 Å². The first-order valence-electron chi connectivity index (χ1n) is 5.40. The summed E-state index contributed by atoms with van der Waals surface area (Å²) in [5.41, 5.74) is 8.18. The van der Waals surface area contributed by atoms with Crippen LogP contribution in [0.4, 0.5) is 0 Å². The molecule has 1 amide bonds. The van der Waals surface area contributed by atoms with Crippen molar-refractivity contribution >= 4 is 16.8 Å². The van der Waals surface area contributed by atoms with E-state index in [1.54, 1.807) is 0 Å². The molecular weight excluding hydrogens is 200 g/mol. The monoisotopic (exact) mass is 216 g/mol. The second kappa shape index (κ2) is 3.67. The Morgan fingerprint density at radius 2 is 2.00 bits per heavy atom. The standard InChI is InChI=1S/C13H16N2O/c1-8(2)9-4-5-11-10(6-9)7-12(13(14)16)15(11)3/h4-8H,1-3H3,(H2,14,16). The van der Waals surface area contributed by atoms with E-state index in [2.05, 4.69) is 26.0 Å². The number of nitrogens with two attached hydrogens (primary N) is 1. The number of benzene rings is 1. The van der Waals surface area contributed by atoms with Gasteiger partial charge in [-0.05, 0) is 29.7 Å². The number of hydrogen-bond acceptors (Lipinski definition) is 1. The highest BCUT2D eigenvalue weighted by Crippen LogP contribution is 2.23. The summed E-state index contributed by atoms with van der Waals surface area (Å²) < 4.78 is 1.84. The fraction of sp³-hybridized carbons (Fsp3) is 0.308. The maximum atomic E-state index is 11.2. The van der Waals surface area contributed by atoms with Gasteiger partial charge in [0.25, 0.3) is 5.91 Å². The Kier molecular flexibility index (Phi) is 2.46. The van der Waals surface area contributed by atoms with Gasteiger partial charge in [-0.15, -0.1) is 0 Å². The molecule has 0 aliphatic rings. The van der Waals surface area contributed by atoms with Crippen LogP contribution in [0, 0.1) is 0 Å². The molecule has 0 atom stereocenters. The van der Waals surface area contributed by atoms with Crippen molar-refractivity contribution in [2.75, 3.05) is 0 Å². The Morgan fingerprint density at radius 3 is 2.56 bits per heavy atom. The van der Waals surface area contributed by atoms with E-state index in [1.165, 1.54) is 5.56 Å². The average Bonchev–Trinajstić information content (AvgIpc) is 2.55. The lowest BCUT2D eigenvalue weighted by Gasteiger charge is -2.05. The van der Waals surface area contributed by atoms with E-state index in [-0.39, 0.29) is 5.91 Å². The maximum Gasteiger partial charge on any atom is 0.265 e. The summed E-state index contributed by atoms with van der Waals surface area (Å²) in [5, 5.41) is 1.07. The number of carbonyl (C=O) groups excluding carboxylic acids is 1. The second-order valence-corrected chi connectivity index (χ2v) is 4.43. The molecule has 84 valence electrons. The van der Waals surface area contributed by atoms with E-state index in [0.29, 0.717) is 11.6 Å². The smallest absolute Gasteiger partial charge is 0.265 e. The van der Waals surface area contributed by atoms with E-state index in [1.807, 2.05) is 23.7 Å². The molecule has 0 saturated heterocycles. The third-order valence-corrected chi connectivity index (χ3v) is 2.99. The van der Waals surface area contributed by atoms with Crippen molar-refractivity contribution in [3.63, 3.8) is 0 Å². The molecule has 2 N–H and O–H groups in total. The summed E-state index contributed by atoms with van der Waals surface area (Å²) >= 11 is 0. The highest BCUT2D eigenvalue weighted by Gasteiger charge is 2.10. The fourth-order valence-corrected chi connectivity index (χ4v) is 1.96. The zero-order valence-electron chi connectivity index (χ0n) is 9.82. The quantitative estimate of drug-likeness (QED) is 0.823. The van der Waals surface area contributed by atoms with Gasteiger partial charge in [0.05, 0.1) is 0 Å². The highest BCUT2D eigenvalue weighted by atomic mass is 16.1. The van der Waals surface area contributed by atoms with Gasteiger partial charge >= 0.3 is 0 Å². The Morgan fingerprint density at radius 1 is 1.31 bits per heavy atom. The lowest BCUT2D eigenvalue weighted by molar-refractivity contribution is 0.0993. The van der Waals surface area contributed by atoms with Crippen molar-refractivity contribution in [2.24, 2.45) is 12.8 Å². The van der Waals surface area contributed by atoms with Crippen LogP contribution in [0.2, 0.25) is 0 Å². The summed E-state index contributed by atoms with van der Waals surface area (Å²) in [6.07, 6.45) is 0. The number of primary amides is 1. The molecule has 0 saturated carbocycles. The molecule has 0 bridgehead atoms. The summed E-state index contributed by atoms with van der Waals surface area (Å²) in [5.74, 6) is 0.103. The van der Waals surface area contributed by atoms with Crippen molar-refractivity contribution in [1.29, 1.82) is 0 Å². The topological polar surface area (TPSA) is 48.0 Å². The minimum Gasteiger partial charge on any atom is -0.364 e. The van der Waals surface area contributed by atoms with Crippen molar-refractivity contribution in [3.8, 4) is 0 Å². The van der Waals surface area contributed by atoms with Crippen molar-refractivity contribution in [1.82, 2.24) is 4.57 Å². The molecule has 1 aromatic heterocycles. The lowest BCUT2D eigenvalue weighted by Crippen LogP contribution is -2.14. The highest BCUT2D eigenvalue weighted by molar-refractivity contribution is 5.97. The molecule has 0 aliphatic carbocycles. The van der Waals surface area contributed by atoms with Crippen LogP contribution >= 0.6 is 0 Å². The predicted molar refractivity (Wildman–Crippen MR) is 65.5 cm³/mol. The van der Waals surface area contributed by atoms with Crippen LogP contribution in [0.25, 0.3) is 10.9 Å². The van der Waals surface area contributed by atoms with E-state index in [4.69, 9.17) is 5.73 Å². The van der Waals surface area contributed by atoms with Gasteiger partial charge in [-0.2, -0.15) is 0 Å². The normalized spacial score (nSPS) is 11.2. The van der Waals surface area contributed by atoms with Gasteiger partial charge < -0.3 is 10.3 Å². The Balaban J connectivity index is 2.67. The molecule has 3 nitrogen and oxygen atoms in total. The second-order valence-electron chi connectivity index (χ2n) is 4.43. The molecule has 0 fully saturated rings. The number of amides is 1. The molecule has 2 aromatic rings. The van der Waals surface area contributed by atoms with E-state index in [0.717, 1.165) is 10.9 Å². The largest absolute Gasteiger partial charge is 0.364 e. The van der Waals surface area contributed by atoms with Crippen LogP contribution in [-0.4, -0.2) is 10.5 Å². The number of nitrogens with zero attached hydrogens (tertiary/aromatic N) is 1. The number of fused-ring (bicyclic) bond motifs is 1. The Bertz CT molecular complexity index is 552. The van der Waals surface area contributed by atoms with E-state index in [9.17, 15) is 4.79 Å². The number of aryl methyl sites for hydroxylation is 1. The van der Waals surface area contributed by atoms with Gasteiger partial charge in [0.15, 0.2) is 0 Å². The van der Waals surface area contributed by atoms with Crippen molar-refractivity contribution in [2.45, 2.75) is 19.8 Å². The van der Waals surface area contributed by atoms with Gasteiger partial charge in [-0.3, -0.25) is 4.79 Å². The first-order chi connectivity index (χ1) is 7.50. The van der Waals surface area contributed by atoms with E-state index >= 15 is 0 Å². The Labute approximate surface area is 94.9 Å². The first kappa shape index (κ1) is 10.7. The maximum absolute atomic E-state index is 11.2. The average molecular weight is 216 g/mol. The minimum atomic E-state index is -0.384. The van der Waals surface area contributed by atoms with Crippen LogP contribution in [0.15, 0.2) is 24.3 Å². The molecule has 0 aliphatic heterocycles. The molecular formula is C13H16N2O. The van der Waals surface area contributed by atoms with Crippen LogP contribution in [0.1, 0.15) is 35.8 Å². The molecule has 0 spiro atoms. The number of carbonyl (C=O) groups is 1. The zero-order chi connectivity index (χ0) is 11.9. The summed E-state index contributed by atoms with van der Waals surface area (Å²) in [6.45, 7) is 4.30. The first-order valence-corrected chi connectivity index (χ1v) is 5.40. The molecule has 1 heterocycles. The third kappa shape index (κ3) is 1.58. The van der Waals surface area contributed by atoms with Crippen LogP contribution in [0.3, 0.4) is 0 Å². The van der Waals surface area contributed by atoms with Crippen LogP contribution < -0.4 is 5.73 Å². The number of hydrogen-bond donors (Lipinski definition) is 1. The van der Waals surface area contributed by atoms with Crippen LogP contribution in [-0.2, 0) is 7.05 Å². The predicted octanol–water partition coefficient (Wildman–Crippen LogP) is 2.40. The third-order valence-electron chi connectivity index (χ3n) is 2.99. The SMILES string of the molecule is CC(C)c1ccc2c(c1)cc(C(N)=O)n2C. The van der Waals surface area contributed by atoms with Crippen LogP contribution in [0.5, 0.6) is 0 Å². The Hall–Kier alpha value is -1.77. The lowest BCUT2D eigenvalue weighted by atomic mass is 10.0. The molecule has 0 radical (unpaired) electrons. The summed E-state index contributed by atoms with van der Waals surface area (Å²) in [7, 11) is 1.86. The summed E-state index contributed by atoms with van der Waals surface area (Å²) in [4.78, 5) is 11.2. The molecule has 2 rings (SSSR count). The summed E-state index contributed by atoms with van der Waals surface area (Å²) in [6, 6.07) is 8.10.